The molecule has 492 valence electrons. The number of hydrogen-bond donors (Lipinski definition) is 0. The van der Waals surface area contributed by atoms with Gasteiger partial charge in [0.1, 0.15) is 13.2 Å². The summed E-state index contributed by atoms with van der Waals surface area (Å²) in [7, 11) is 5.91. The maximum absolute atomic E-state index is 12.9. The summed E-state index contributed by atoms with van der Waals surface area (Å²) < 4.78 is 22.7. The Bertz CT molecular complexity index is 1670. The first-order chi connectivity index (χ1) is 41.6. The molecule has 0 rings (SSSR count). The summed E-state index contributed by atoms with van der Waals surface area (Å²) >= 11 is 0. The third-order valence-electron chi connectivity index (χ3n) is 15.6. The Morgan fingerprint density at radius 1 is 0.365 bits per heavy atom. The van der Waals surface area contributed by atoms with Crippen LogP contribution >= 0.6 is 0 Å². The number of aliphatic carboxylic acids is 1. The zero-order valence-electron chi connectivity index (χ0n) is 56.2. The molecular weight excluding hydrogens is 1050 g/mol. The average Bonchev–Trinajstić information content (AvgIpc) is 3.48. The minimum absolute atomic E-state index is 0.136. The highest BCUT2D eigenvalue weighted by atomic mass is 16.7. The van der Waals surface area contributed by atoms with Crippen LogP contribution in [0.25, 0.3) is 0 Å². The van der Waals surface area contributed by atoms with E-state index in [1.54, 1.807) is 0 Å². The van der Waals surface area contributed by atoms with E-state index in [-0.39, 0.29) is 38.6 Å². The average molecular weight is 1190 g/mol. The number of esters is 2. The van der Waals surface area contributed by atoms with Crippen molar-refractivity contribution in [3.8, 4) is 0 Å². The van der Waals surface area contributed by atoms with E-state index in [0.29, 0.717) is 17.4 Å². The molecule has 9 nitrogen and oxygen atoms in total. The summed E-state index contributed by atoms with van der Waals surface area (Å²) in [5, 5.41) is 11.8. The number of carboxylic acids is 1. The van der Waals surface area contributed by atoms with Crippen molar-refractivity contribution >= 4 is 17.9 Å². The van der Waals surface area contributed by atoms with Gasteiger partial charge in [-0.2, -0.15) is 0 Å². The van der Waals surface area contributed by atoms with Gasteiger partial charge in [0.2, 0.25) is 0 Å². The predicted octanol–water partition coefficient (Wildman–Crippen LogP) is 20.9. The van der Waals surface area contributed by atoms with Crippen LogP contribution in [0.15, 0.2) is 85.1 Å². The molecule has 0 aromatic carbocycles. The summed E-state index contributed by atoms with van der Waals surface area (Å²) in [6, 6.07) is 0. The third kappa shape index (κ3) is 67.8. The van der Waals surface area contributed by atoms with Crippen molar-refractivity contribution < 1.29 is 42.9 Å². The first-order valence-corrected chi connectivity index (χ1v) is 35.7. The zero-order valence-corrected chi connectivity index (χ0v) is 56.2. The molecule has 0 saturated heterocycles. The number of rotatable bonds is 66. The number of likely N-dealkylation sites (N-methyl/N-ethyl adjacent to an activating group) is 1. The van der Waals surface area contributed by atoms with Gasteiger partial charge in [-0.15, -0.1) is 0 Å². The van der Waals surface area contributed by atoms with E-state index in [1.807, 2.05) is 21.1 Å². The van der Waals surface area contributed by atoms with Gasteiger partial charge in [0.15, 0.2) is 12.4 Å². The lowest BCUT2D eigenvalue weighted by molar-refractivity contribution is -0.870. The van der Waals surface area contributed by atoms with Crippen molar-refractivity contribution in [1.82, 2.24) is 0 Å². The van der Waals surface area contributed by atoms with E-state index in [4.69, 9.17) is 18.9 Å². The Balaban J connectivity index is 4.02. The maximum Gasteiger partial charge on any atom is 0.306 e. The van der Waals surface area contributed by atoms with E-state index in [9.17, 15) is 19.5 Å². The van der Waals surface area contributed by atoms with Crippen molar-refractivity contribution in [3.63, 3.8) is 0 Å². The van der Waals surface area contributed by atoms with Gasteiger partial charge in [0.05, 0.1) is 40.3 Å². The highest BCUT2D eigenvalue weighted by Crippen LogP contribution is 2.18. The van der Waals surface area contributed by atoms with E-state index < -0.39 is 24.3 Å². The molecule has 0 amide bonds. The van der Waals surface area contributed by atoms with Gasteiger partial charge >= 0.3 is 11.9 Å². The molecule has 85 heavy (non-hydrogen) atoms. The van der Waals surface area contributed by atoms with Gasteiger partial charge in [0.25, 0.3) is 0 Å². The lowest BCUT2D eigenvalue weighted by Gasteiger charge is -2.26. The van der Waals surface area contributed by atoms with Crippen LogP contribution in [0.2, 0.25) is 0 Å². The molecule has 0 aromatic rings. The SMILES string of the molecule is CC/C=C\C/C=C\C/C=C\C/C=C\C/C=C\C/C=C\CCCCC(=O)OC(COC(=O)CCCCCCCCCCCCCCCCCCCCCCCCCCCCC/C=C\CCCCCCCCCC)COC(OCC[N+](C)(C)C)C(=O)[O-]. The smallest absolute Gasteiger partial charge is 0.306 e. The van der Waals surface area contributed by atoms with Crippen LogP contribution in [-0.4, -0.2) is 82.3 Å². The molecule has 0 saturated carbocycles. The fraction of sp³-hybridized carbons (Fsp3) is 0.776. The fourth-order valence-corrected chi connectivity index (χ4v) is 10.2. The molecule has 0 spiro atoms. The minimum Gasteiger partial charge on any atom is -0.545 e. The molecule has 0 aliphatic rings. The summed E-state index contributed by atoms with van der Waals surface area (Å²) in [5.74, 6) is -2.34. The summed E-state index contributed by atoms with van der Waals surface area (Å²) in [4.78, 5) is 37.4. The summed E-state index contributed by atoms with van der Waals surface area (Å²) in [6.07, 6.45) is 87.0. The van der Waals surface area contributed by atoms with Crippen molar-refractivity contribution in [2.24, 2.45) is 0 Å². The first kappa shape index (κ1) is 81.5. The largest absolute Gasteiger partial charge is 0.545 e. The normalized spacial score (nSPS) is 13.2. The highest BCUT2D eigenvalue weighted by molar-refractivity contribution is 5.70. The van der Waals surface area contributed by atoms with Crippen molar-refractivity contribution in [3.05, 3.63) is 85.1 Å². The number of unbranched alkanes of at least 4 members (excludes halogenated alkanes) is 37. The number of ether oxygens (including phenoxy) is 4. The Morgan fingerprint density at radius 3 is 1.04 bits per heavy atom. The molecule has 0 bridgehead atoms. The standard InChI is InChI=1S/C76H135NO8/c1-6-8-10-12-14-16-18-20-22-24-26-28-29-30-31-32-33-34-35-36-37-38-39-40-41-42-43-44-45-47-48-50-52-54-56-58-60-62-64-66-73(78)83-70-72(71-84-76(75(80)81)82-69-68-77(3,4)5)85-74(79)67-65-63-61-59-57-55-53-51-49-46-27-25-23-21-19-17-15-13-11-9-7-2/h9,11,15,17,21,23-24,26-27,46,51,53,57,59,72,76H,6-8,10,12-14,16,18-20,22,25,28-45,47-50,52,54-56,58,60-71H2,1-5H3/b11-9-,17-15-,23-21-,26-24-,46-27-,53-51-,59-57-. The van der Waals surface area contributed by atoms with E-state index >= 15 is 0 Å². The van der Waals surface area contributed by atoms with Crippen LogP contribution in [0, 0.1) is 0 Å². The highest BCUT2D eigenvalue weighted by Gasteiger charge is 2.22. The Hall–Kier alpha value is -3.53. The number of allylic oxidation sites excluding steroid dienone is 14. The van der Waals surface area contributed by atoms with Crippen molar-refractivity contribution in [1.29, 1.82) is 0 Å². The minimum atomic E-state index is -1.64. The van der Waals surface area contributed by atoms with Crippen molar-refractivity contribution in [2.75, 3.05) is 47.5 Å². The van der Waals surface area contributed by atoms with Gasteiger partial charge < -0.3 is 33.3 Å². The predicted molar refractivity (Wildman–Crippen MR) is 361 cm³/mol. The second kappa shape index (κ2) is 66.4. The summed E-state index contributed by atoms with van der Waals surface area (Å²) in [5.41, 5.74) is 0. The third-order valence-corrected chi connectivity index (χ3v) is 15.6. The van der Waals surface area contributed by atoms with Gasteiger partial charge in [-0.3, -0.25) is 9.59 Å². The topological polar surface area (TPSA) is 111 Å². The molecule has 0 fully saturated rings. The quantitative estimate of drug-likeness (QED) is 0.0195. The van der Waals surface area contributed by atoms with Crippen LogP contribution in [0.4, 0.5) is 0 Å². The molecule has 0 aliphatic heterocycles. The van der Waals surface area contributed by atoms with Crippen LogP contribution in [0.1, 0.15) is 322 Å². The number of hydrogen-bond acceptors (Lipinski definition) is 8. The Morgan fingerprint density at radius 2 is 0.671 bits per heavy atom. The number of nitrogens with zero attached hydrogens (tertiary/aromatic N) is 1. The van der Waals surface area contributed by atoms with Gasteiger partial charge in [0, 0.05) is 12.8 Å². The maximum atomic E-state index is 12.9. The van der Waals surface area contributed by atoms with E-state index in [0.717, 1.165) is 70.6 Å². The lowest BCUT2D eigenvalue weighted by atomic mass is 10.0. The van der Waals surface area contributed by atoms with Gasteiger partial charge in [-0.05, 0) is 89.9 Å². The number of carbonyl (C=O) groups is 3. The second-order valence-electron chi connectivity index (χ2n) is 25.1. The molecule has 2 unspecified atom stereocenters. The van der Waals surface area contributed by atoms with Crippen LogP contribution < -0.4 is 5.11 Å². The van der Waals surface area contributed by atoms with E-state index in [2.05, 4.69) is 98.9 Å². The molecule has 0 radical (unpaired) electrons. The second-order valence-corrected chi connectivity index (χ2v) is 25.1. The van der Waals surface area contributed by atoms with Crippen LogP contribution in [0.3, 0.4) is 0 Å². The Kier molecular flexibility index (Phi) is 63.7. The number of carboxylic acid groups (broad SMARTS) is 1. The molecule has 0 N–H and O–H groups in total. The Labute approximate surface area is 525 Å². The first-order valence-electron chi connectivity index (χ1n) is 35.7. The molecule has 2 atom stereocenters. The fourth-order valence-electron chi connectivity index (χ4n) is 10.2. The van der Waals surface area contributed by atoms with E-state index in [1.165, 1.54) is 218 Å². The van der Waals surface area contributed by atoms with Crippen LogP contribution in [-0.2, 0) is 33.3 Å². The van der Waals surface area contributed by atoms with Crippen molar-refractivity contribution in [2.45, 2.75) is 334 Å². The molecule has 0 aromatic heterocycles. The molecule has 0 aliphatic carbocycles. The zero-order chi connectivity index (χ0) is 61.9. The molecule has 0 heterocycles. The molecule has 9 heteroatoms. The lowest BCUT2D eigenvalue weighted by Crippen LogP contribution is -2.44. The summed E-state index contributed by atoms with van der Waals surface area (Å²) in [6.45, 7) is 4.61. The van der Waals surface area contributed by atoms with Crippen LogP contribution in [0.5, 0.6) is 0 Å². The molecular formula is C76H135NO8. The number of carbonyl (C=O) groups excluding carboxylic acids is 3. The van der Waals surface area contributed by atoms with Gasteiger partial charge in [-0.25, -0.2) is 0 Å². The van der Waals surface area contributed by atoms with Gasteiger partial charge in [-0.1, -0.05) is 304 Å². The monoisotopic (exact) mass is 1190 g/mol. The number of quaternary nitrogens is 1.